The molecule has 160 valence electrons. The summed E-state index contributed by atoms with van der Waals surface area (Å²) in [7, 11) is 0. The van der Waals surface area contributed by atoms with Gasteiger partial charge in [-0.3, -0.25) is 13.8 Å². The summed E-state index contributed by atoms with van der Waals surface area (Å²) in [5.74, 6) is 2.60. The Morgan fingerprint density at radius 3 is 2.81 bits per heavy atom. The summed E-state index contributed by atoms with van der Waals surface area (Å²) in [6.45, 7) is 9.37. The van der Waals surface area contributed by atoms with E-state index < -0.39 is 0 Å². The maximum atomic E-state index is 12.2. The summed E-state index contributed by atoms with van der Waals surface area (Å²) in [6.07, 6.45) is 3.55. The third kappa shape index (κ3) is 4.88. The van der Waals surface area contributed by atoms with Gasteiger partial charge in [-0.25, -0.2) is 4.98 Å². The SMILES string of the molecule is C=CCn1c(SCc2cc(=O)n3ccsc3n2)nnc1-c1ccc(OCC(C)C)cc1. The minimum Gasteiger partial charge on any atom is -0.493 e. The minimum absolute atomic E-state index is 0.0742. The van der Waals surface area contributed by atoms with E-state index in [-0.39, 0.29) is 5.56 Å². The zero-order chi connectivity index (χ0) is 21.8. The van der Waals surface area contributed by atoms with E-state index in [1.54, 1.807) is 16.7 Å². The summed E-state index contributed by atoms with van der Waals surface area (Å²) < 4.78 is 9.33. The van der Waals surface area contributed by atoms with Crippen molar-refractivity contribution >= 4 is 28.1 Å². The molecule has 4 aromatic rings. The molecule has 7 nitrogen and oxygen atoms in total. The number of thioether (sulfide) groups is 1. The van der Waals surface area contributed by atoms with E-state index in [0.717, 1.165) is 28.0 Å². The van der Waals surface area contributed by atoms with Gasteiger partial charge in [-0.05, 0) is 30.2 Å². The van der Waals surface area contributed by atoms with Gasteiger partial charge in [-0.15, -0.1) is 28.1 Å². The molecule has 0 saturated carbocycles. The molecule has 0 aliphatic heterocycles. The fourth-order valence-electron chi connectivity index (χ4n) is 2.97. The smallest absolute Gasteiger partial charge is 0.258 e. The van der Waals surface area contributed by atoms with E-state index in [9.17, 15) is 4.79 Å². The molecule has 0 aliphatic rings. The topological polar surface area (TPSA) is 74.3 Å². The quantitative estimate of drug-likeness (QED) is 0.274. The van der Waals surface area contributed by atoms with Crippen molar-refractivity contribution in [3.63, 3.8) is 0 Å². The third-order valence-electron chi connectivity index (χ3n) is 4.43. The number of allylic oxidation sites excluding steroid dienone is 1. The largest absolute Gasteiger partial charge is 0.493 e. The molecule has 0 bridgehead atoms. The van der Waals surface area contributed by atoms with E-state index in [4.69, 9.17) is 4.74 Å². The van der Waals surface area contributed by atoms with E-state index in [0.29, 0.717) is 29.8 Å². The van der Waals surface area contributed by atoms with Gasteiger partial charge >= 0.3 is 0 Å². The summed E-state index contributed by atoms with van der Waals surface area (Å²) in [6, 6.07) is 9.44. The summed E-state index contributed by atoms with van der Waals surface area (Å²) in [4.78, 5) is 17.5. The second-order valence-electron chi connectivity index (χ2n) is 7.36. The molecule has 1 aromatic carbocycles. The lowest BCUT2D eigenvalue weighted by Gasteiger charge is -2.10. The molecule has 0 spiro atoms. The molecular formula is C22H23N5O2S2. The molecule has 4 rings (SSSR count). The molecule has 0 radical (unpaired) electrons. The van der Waals surface area contributed by atoms with Crippen LogP contribution in [0, 0.1) is 5.92 Å². The predicted molar refractivity (Wildman–Crippen MR) is 125 cm³/mol. The Kier molecular flexibility index (Phi) is 6.53. The van der Waals surface area contributed by atoms with Crippen molar-refractivity contribution in [1.29, 1.82) is 0 Å². The lowest BCUT2D eigenvalue weighted by atomic mass is 10.2. The Hall–Kier alpha value is -2.91. The van der Waals surface area contributed by atoms with Crippen molar-refractivity contribution in [3.8, 4) is 17.1 Å². The summed E-state index contributed by atoms with van der Waals surface area (Å²) >= 11 is 2.94. The fraction of sp³-hybridized carbons (Fsp3) is 0.273. The molecule has 0 aliphatic carbocycles. The van der Waals surface area contributed by atoms with Crippen molar-refractivity contribution in [2.24, 2.45) is 5.92 Å². The lowest BCUT2D eigenvalue weighted by Crippen LogP contribution is -2.12. The van der Waals surface area contributed by atoms with Gasteiger partial charge in [-0.2, -0.15) is 0 Å². The Labute approximate surface area is 188 Å². The van der Waals surface area contributed by atoms with Crippen molar-refractivity contribution in [3.05, 3.63) is 70.6 Å². The zero-order valence-electron chi connectivity index (χ0n) is 17.4. The van der Waals surface area contributed by atoms with Crippen LogP contribution in [0.4, 0.5) is 0 Å². The Morgan fingerprint density at radius 2 is 2.06 bits per heavy atom. The van der Waals surface area contributed by atoms with Crippen LogP contribution >= 0.6 is 23.1 Å². The highest BCUT2D eigenvalue weighted by atomic mass is 32.2. The van der Waals surface area contributed by atoms with Gasteiger partial charge < -0.3 is 4.74 Å². The first kappa shape index (κ1) is 21.3. The van der Waals surface area contributed by atoms with Crippen molar-refractivity contribution < 1.29 is 4.74 Å². The van der Waals surface area contributed by atoms with Crippen molar-refractivity contribution in [2.75, 3.05) is 6.61 Å². The first-order chi connectivity index (χ1) is 15.0. The van der Waals surface area contributed by atoms with Gasteiger partial charge in [0.25, 0.3) is 5.56 Å². The predicted octanol–water partition coefficient (Wildman–Crippen LogP) is 4.53. The number of thiazole rings is 1. The van der Waals surface area contributed by atoms with E-state index in [2.05, 4.69) is 35.6 Å². The van der Waals surface area contributed by atoms with Crippen LogP contribution in [0.5, 0.6) is 5.75 Å². The summed E-state index contributed by atoms with van der Waals surface area (Å²) in [5, 5.41) is 11.4. The van der Waals surface area contributed by atoms with Gasteiger partial charge in [-0.1, -0.05) is 31.7 Å². The van der Waals surface area contributed by atoms with Crippen molar-refractivity contribution in [2.45, 2.75) is 31.3 Å². The Morgan fingerprint density at radius 1 is 1.26 bits per heavy atom. The number of hydrogen-bond acceptors (Lipinski definition) is 7. The first-order valence-corrected chi connectivity index (χ1v) is 11.8. The molecule has 3 heterocycles. The molecule has 9 heteroatoms. The number of fused-ring (bicyclic) bond motifs is 1. The van der Waals surface area contributed by atoms with E-state index in [1.807, 2.05) is 40.3 Å². The van der Waals surface area contributed by atoms with Crippen LogP contribution in [0.25, 0.3) is 16.3 Å². The molecule has 0 unspecified atom stereocenters. The number of nitrogens with zero attached hydrogens (tertiary/aromatic N) is 5. The average Bonchev–Trinajstić information content (AvgIpc) is 3.39. The maximum Gasteiger partial charge on any atom is 0.258 e. The molecule has 0 amide bonds. The average molecular weight is 454 g/mol. The number of ether oxygens (including phenoxy) is 1. The van der Waals surface area contributed by atoms with Gasteiger partial charge in [0.2, 0.25) is 0 Å². The number of aromatic nitrogens is 5. The summed E-state index contributed by atoms with van der Waals surface area (Å²) in [5.41, 5.74) is 1.60. The molecular weight excluding hydrogens is 430 g/mol. The minimum atomic E-state index is -0.0742. The van der Waals surface area contributed by atoms with Crippen LogP contribution in [0.2, 0.25) is 0 Å². The van der Waals surface area contributed by atoms with Gasteiger partial charge in [0, 0.05) is 35.5 Å². The van der Waals surface area contributed by atoms with Gasteiger partial charge in [0.05, 0.1) is 12.3 Å². The van der Waals surface area contributed by atoms with Crippen molar-refractivity contribution in [1.82, 2.24) is 24.1 Å². The number of benzene rings is 1. The highest BCUT2D eigenvalue weighted by molar-refractivity contribution is 7.98. The highest BCUT2D eigenvalue weighted by Crippen LogP contribution is 2.27. The lowest BCUT2D eigenvalue weighted by molar-refractivity contribution is 0.271. The molecule has 0 fully saturated rings. The number of hydrogen-bond donors (Lipinski definition) is 0. The van der Waals surface area contributed by atoms with Crippen LogP contribution in [-0.4, -0.2) is 30.8 Å². The molecule has 0 N–H and O–H groups in total. The highest BCUT2D eigenvalue weighted by Gasteiger charge is 2.15. The molecule has 0 saturated heterocycles. The number of rotatable bonds is 9. The maximum absolute atomic E-state index is 12.2. The van der Waals surface area contributed by atoms with Gasteiger partial charge in [0.1, 0.15) is 5.75 Å². The second-order valence-corrected chi connectivity index (χ2v) is 9.18. The molecule has 31 heavy (non-hydrogen) atoms. The third-order valence-corrected chi connectivity index (χ3v) is 6.19. The zero-order valence-corrected chi connectivity index (χ0v) is 19.0. The van der Waals surface area contributed by atoms with Crippen LogP contribution in [0.1, 0.15) is 19.5 Å². The van der Waals surface area contributed by atoms with E-state index in [1.165, 1.54) is 23.1 Å². The molecule has 3 aromatic heterocycles. The second kappa shape index (κ2) is 9.49. The monoisotopic (exact) mass is 453 g/mol. The Balaban J connectivity index is 1.54. The van der Waals surface area contributed by atoms with E-state index >= 15 is 0 Å². The van der Waals surface area contributed by atoms with Crippen LogP contribution < -0.4 is 10.3 Å². The van der Waals surface area contributed by atoms with Crippen LogP contribution in [-0.2, 0) is 12.3 Å². The molecule has 0 atom stereocenters. The Bertz CT molecular complexity index is 1240. The normalized spacial score (nSPS) is 11.3. The first-order valence-electron chi connectivity index (χ1n) is 9.91. The fourth-order valence-corrected chi connectivity index (χ4v) is 4.55. The van der Waals surface area contributed by atoms with Crippen LogP contribution in [0.15, 0.2) is 64.5 Å². The van der Waals surface area contributed by atoms with Crippen LogP contribution in [0.3, 0.4) is 0 Å². The van der Waals surface area contributed by atoms with Gasteiger partial charge in [0.15, 0.2) is 15.9 Å². The standard InChI is InChI=1S/C22H23N5O2S2/c1-4-9-27-20(16-5-7-18(8-6-16)29-13-15(2)3)24-25-22(27)31-14-17-12-19(28)26-10-11-30-21(26)23-17/h4-8,10-12,15H,1,9,13-14H2,2-3H3.